The number of rotatable bonds is 6. The lowest BCUT2D eigenvalue weighted by atomic mass is 10.2. The molecule has 3 rings (SSSR count). The molecule has 6 heteroatoms. The van der Waals surface area contributed by atoms with Crippen molar-refractivity contribution < 1.29 is 4.74 Å². The minimum atomic E-state index is -0.153. The summed E-state index contributed by atoms with van der Waals surface area (Å²) in [5, 5.41) is 4.35. The Kier molecular flexibility index (Phi) is 4.90. The van der Waals surface area contributed by atoms with Crippen LogP contribution in [0.3, 0.4) is 0 Å². The molecule has 0 saturated heterocycles. The second-order valence-corrected chi connectivity index (χ2v) is 5.47. The summed E-state index contributed by atoms with van der Waals surface area (Å²) in [7, 11) is 0. The number of benzene rings is 2. The van der Waals surface area contributed by atoms with Gasteiger partial charge >= 0.3 is 0 Å². The van der Waals surface area contributed by atoms with Crippen LogP contribution < -0.4 is 10.9 Å². The van der Waals surface area contributed by atoms with Crippen LogP contribution in [-0.4, -0.2) is 23.1 Å². The van der Waals surface area contributed by atoms with Gasteiger partial charge in [-0.05, 0) is 29.8 Å². The molecule has 0 unspecified atom stereocenters. The van der Waals surface area contributed by atoms with E-state index in [0.29, 0.717) is 41.6 Å². The van der Waals surface area contributed by atoms with Crippen LogP contribution in [0.15, 0.2) is 53.3 Å². The van der Waals surface area contributed by atoms with Crippen LogP contribution in [-0.2, 0) is 11.3 Å². The molecule has 1 heterocycles. The van der Waals surface area contributed by atoms with E-state index >= 15 is 0 Å². The van der Waals surface area contributed by atoms with Gasteiger partial charge in [0.15, 0.2) is 0 Å². The maximum atomic E-state index is 11.9. The Morgan fingerprint density at radius 1 is 1.13 bits per heavy atom. The van der Waals surface area contributed by atoms with E-state index in [2.05, 4.69) is 15.3 Å². The third-order valence-electron chi connectivity index (χ3n) is 3.33. The van der Waals surface area contributed by atoms with E-state index in [1.54, 1.807) is 6.07 Å². The highest BCUT2D eigenvalue weighted by Crippen LogP contribution is 2.10. The van der Waals surface area contributed by atoms with Crippen molar-refractivity contribution in [2.75, 3.05) is 18.5 Å². The fourth-order valence-corrected chi connectivity index (χ4v) is 2.31. The van der Waals surface area contributed by atoms with Gasteiger partial charge in [0.1, 0.15) is 0 Å². The summed E-state index contributed by atoms with van der Waals surface area (Å²) < 4.78 is 5.57. The van der Waals surface area contributed by atoms with Gasteiger partial charge < -0.3 is 10.1 Å². The Labute approximate surface area is 138 Å². The number of hydrogen-bond acceptors (Lipinski definition) is 4. The van der Waals surface area contributed by atoms with Gasteiger partial charge in [-0.1, -0.05) is 35.9 Å². The number of H-pyrrole nitrogens is 1. The molecule has 0 amide bonds. The summed E-state index contributed by atoms with van der Waals surface area (Å²) in [6, 6.07) is 14.8. The predicted octanol–water partition coefficient (Wildman–Crippen LogP) is 3.21. The second kappa shape index (κ2) is 7.26. The van der Waals surface area contributed by atoms with Gasteiger partial charge in [-0.2, -0.15) is 0 Å². The van der Waals surface area contributed by atoms with E-state index < -0.39 is 0 Å². The number of nitrogens with one attached hydrogen (secondary N) is 2. The van der Waals surface area contributed by atoms with E-state index in [4.69, 9.17) is 16.3 Å². The van der Waals surface area contributed by atoms with E-state index in [1.807, 2.05) is 42.5 Å². The lowest BCUT2D eigenvalue weighted by Gasteiger charge is -2.07. The van der Waals surface area contributed by atoms with Crippen molar-refractivity contribution in [3.8, 4) is 0 Å². The van der Waals surface area contributed by atoms with Crippen molar-refractivity contribution in [3.63, 3.8) is 0 Å². The summed E-state index contributed by atoms with van der Waals surface area (Å²) in [6.45, 7) is 1.56. The summed E-state index contributed by atoms with van der Waals surface area (Å²) in [6.07, 6.45) is 0. The molecule has 0 saturated carbocycles. The molecular formula is C17H16ClN3O2. The maximum Gasteiger partial charge on any atom is 0.260 e. The number of anilines is 1. The van der Waals surface area contributed by atoms with Gasteiger partial charge in [0, 0.05) is 11.6 Å². The Bertz CT molecular complexity index is 846. The maximum absolute atomic E-state index is 11.9. The molecule has 0 aliphatic heterocycles. The predicted molar refractivity (Wildman–Crippen MR) is 92.0 cm³/mol. The van der Waals surface area contributed by atoms with E-state index in [-0.39, 0.29) is 5.56 Å². The Morgan fingerprint density at radius 2 is 1.91 bits per heavy atom. The van der Waals surface area contributed by atoms with Crippen LogP contribution in [0.25, 0.3) is 10.9 Å². The van der Waals surface area contributed by atoms with Gasteiger partial charge in [0.2, 0.25) is 5.95 Å². The van der Waals surface area contributed by atoms with Gasteiger partial charge in [0.25, 0.3) is 5.56 Å². The normalized spacial score (nSPS) is 10.8. The molecule has 2 aromatic carbocycles. The molecule has 1 aromatic heterocycles. The number of fused-ring (bicyclic) bond motifs is 1. The zero-order chi connectivity index (χ0) is 16.1. The molecular weight excluding hydrogens is 314 g/mol. The van der Waals surface area contributed by atoms with Crippen LogP contribution in [0, 0.1) is 0 Å². The number of nitrogens with zero attached hydrogens (tertiary/aromatic N) is 1. The highest BCUT2D eigenvalue weighted by molar-refractivity contribution is 6.30. The van der Waals surface area contributed by atoms with E-state index in [0.717, 1.165) is 5.56 Å². The number of aromatic amines is 1. The third kappa shape index (κ3) is 4.09. The van der Waals surface area contributed by atoms with Gasteiger partial charge in [-0.25, -0.2) is 4.98 Å². The van der Waals surface area contributed by atoms with Crippen molar-refractivity contribution in [2.24, 2.45) is 0 Å². The summed E-state index contributed by atoms with van der Waals surface area (Å²) >= 11 is 5.83. The molecule has 0 radical (unpaired) electrons. The Balaban J connectivity index is 1.51. The topological polar surface area (TPSA) is 67.0 Å². The summed E-state index contributed by atoms with van der Waals surface area (Å²) in [5.74, 6) is 0.448. The number of halogens is 1. The SMILES string of the molecule is O=c1[nH]c(NCCOCc2ccc(Cl)cc2)nc2ccccc12. The smallest absolute Gasteiger partial charge is 0.260 e. The first-order valence-corrected chi connectivity index (χ1v) is 7.65. The van der Waals surface area contributed by atoms with Gasteiger partial charge in [-0.15, -0.1) is 0 Å². The van der Waals surface area contributed by atoms with Crippen LogP contribution in [0.5, 0.6) is 0 Å². The second-order valence-electron chi connectivity index (χ2n) is 5.04. The van der Waals surface area contributed by atoms with Gasteiger partial charge in [0.05, 0.1) is 24.1 Å². The lowest BCUT2D eigenvalue weighted by molar-refractivity contribution is 0.130. The first kappa shape index (κ1) is 15.5. The standard InChI is InChI=1S/C17H16ClN3O2/c18-13-7-5-12(6-8-13)11-23-10-9-19-17-20-15-4-2-1-3-14(15)16(22)21-17/h1-8H,9-11H2,(H2,19,20,21,22). The van der Waals surface area contributed by atoms with Crippen molar-refractivity contribution >= 4 is 28.5 Å². The Hall–Kier alpha value is -2.37. The van der Waals surface area contributed by atoms with Crippen molar-refractivity contribution in [1.29, 1.82) is 0 Å². The molecule has 0 aliphatic carbocycles. The van der Waals surface area contributed by atoms with Crippen LogP contribution >= 0.6 is 11.6 Å². The number of ether oxygens (including phenoxy) is 1. The molecule has 3 aromatic rings. The molecule has 0 aliphatic rings. The molecule has 5 nitrogen and oxygen atoms in total. The molecule has 0 spiro atoms. The zero-order valence-electron chi connectivity index (χ0n) is 12.4. The quantitative estimate of drug-likeness (QED) is 0.681. The highest BCUT2D eigenvalue weighted by Gasteiger charge is 2.02. The van der Waals surface area contributed by atoms with Crippen molar-refractivity contribution in [3.05, 3.63) is 69.5 Å². The summed E-state index contributed by atoms with van der Waals surface area (Å²) in [4.78, 5) is 19.0. The lowest BCUT2D eigenvalue weighted by Crippen LogP contribution is -2.16. The van der Waals surface area contributed by atoms with E-state index in [1.165, 1.54) is 0 Å². The average Bonchev–Trinajstić information content (AvgIpc) is 2.56. The molecule has 118 valence electrons. The molecule has 0 bridgehead atoms. The fraction of sp³-hybridized carbons (Fsp3) is 0.176. The molecule has 2 N–H and O–H groups in total. The van der Waals surface area contributed by atoms with Crippen molar-refractivity contribution in [1.82, 2.24) is 9.97 Å². The first-order chi connectivity index (χ1) is 11.2. The third-order valence-corrected chi connectivity index (χ3v) is 3.59. The van der Waals surface area contributed by atoms with Gasteiger partial charge in [-0.3, -0.25) is 9.78 Å². The fourth-order valence-electron chi connectivity index (χ4n) is 2.18. The average molecular weight is 330 g/mol. The van der Waals surface area contributed by atoms with E-state index in [9.17, 15) is 4.79 Å². The molecule has 23 heavy (non-hydrogen) atoms. The monoisotopic (exact) mass is 329 g/mol. The number of para-hydroxylation sites is 1. The Morgan fingerprint density at radius 3 is 2.74 bits per heavy atom. The first-order valence-electron chi connectivity index (χ1n) is 7.27. The van der Waals surface area contributed by atoms with Crippen LogP contribution in [0.2, 0.25) is 5.02 Å². The van der Waals surface area contributed by atoms with Crippen LogP contribution in [0.1, 0.15) is 5.56 Å². The number of aromatic nitrogens is 2. The zero-order valence-corrected chi connectivity index (χ0v) is 13.1. The largest absolute Gasteiger partial charge is 0.375 e. The molecule has 0 atom stereocenters. The van der Waals surface area contributed by atoms with Crippen LogP contribution in [0.4, 0.5) is 5.95 Å². The number of hydrogen-bond donors (Lipinski definition) is 2. The molecule has 0 fully saturated rings. The highest BCUT2D eigenvalue weighted by atomic mass is 35.5. The van der Waals surface area contributed by atoms with Crippen molar-refractivity contribution in [2.45, 2.75) is 6.61 Å². The summed E-state index contributed by atoms with van der Waals surface area (Å²) in [5.41, 5.74) is 1.58. The minimum Gasteiger partial charge on any atom is -0.375 e. The minimum absolute atomic E-state index is 0.153.